The first-order valence-electron chi connectivity index (χ1n) is 12.9. The molecule has 8 nitrogen and oxygen atoms in total. The van der Waals surface area contributed by atoms with E-state index in [1.54, 1.807) is 18.2 Å². The van der Waals surface area contributed by atoms with Gasteiger partial charge in [0.15, 0.2) is 0 Å². The highest BCUT2D eigenvalue weighted by molar-refractivity contribution is 7.92. The van der Waals surface area contributed by atoms with E-state index in [2.05, 4.69) is 21.6 Å². The number of nitrogens with one attached hydrogen (secondary N) is 1. The molecule has 0 radical (unpaired) electrons. The maximum absolute atomic E-state index is 14.0. The molecule has 1 aliphatic heterocycles. The number of hydrogen-bond donors (Lipinski definition) is 1. The van der Waals surface area contributed by atoms with Crippen LogP contribution in [0.1, 0.15) is 56.1 Å². The fourth-order valence-corrected chi connectivity index (χ4v) is 5.92. The lowest BCUT2D eigenvalue weighted by Crippen LogP contribution is -2.33. The van der Waals surface area contributed by atoms with Crippen LogP contribution in [0.2, 0.25) is 0 Å². The van der Waals surface area contributed by atoms with Crippen LogP contribution in [-0.2, 0) is 25.8 Å². The third-order valence-corrected chi connectivity index (χ3v) is 8.69. The number of piperidine rings is 1. The summed E-state index contributed by atoms with van der Waals surface area (Å²) in [7, 11) is -4.11. The summed E-state index contributed by atoms with van der Waals surface area (Å²) < 4.78 is 70.7. The van der Waals surface area contributed by atoms with Gasteiger partial charge in [-0.25, -0.2) is 18.4 Å². The molecule has 2 aliphatic rings. The van der Waals surface area contributed by atoms with Gasteiger partial charge in [-0.1, -0.05) is 37.6 Å². The van der Waals surface area contributed by atoms with Gasteiger partial charge in [-0.05, 0) is 61.3 Å². The van der Waals surface area contributed by atoms with E-state index in [1.807, 2.05) is 11.0 Å². The predicted octanol–water partition coefficient (Wildman–Crippen LogP) is 5.88. The third kappa shape index (κ3) is 6.68. The molecule has 0 atom stereocenters. The molecule has 3 aromatic rings. The van der Waals surface area contributed by atoms with Crippen molar-refractivity contribution in [2.24, 2.45) is 5.92 Å². The van der Waals surface area contributed by atoms with Crippen LogP contribution in [0.5, 0.6) is 0 Å². The van der Waals surface area contributed by atoms with Gasteiger partial charge in [0.25, 0.3) is 10.0 Å². The largest absolute Gasteiger partial charge is 0.418 e. The Kier molecular flexibility index (Phi) is 8.90. The third-order valence-electron chi connectivity index (χ3n) is 7.34. The lowest BCUT2D eigenvalue weighted by Gasteiger charge is -2.31. The number of hydrogen-bond acceptors (Lipinski definition) is 7. The Labute approximate surface area is 230 Å². The Morgan fingerprint density at radius 3 is 2.30 bits per heavy atom. The van der Waals surface area contributed by atoms with Crippen LogP contribution in [0.15, 0.2) is 59.6 Å². The van der Waals surface area contributed by atoms with Crippen molar-refractivity contribution in [3.63, 3.8) is 0 Å². The predicted molar refractivity (Wildman–Crippen MR) is 142 cm³/mol. The molecule has 1 aromatic carbocycles. The molecule has 3 heterocycles. The van der Waals surface area contributed by atoms with Crippen molar-refractivity contribution in [1.82, 2.24) is 9.97 Å². The minimum atomic E-state index is -4.64. The van der Waals surface area contributed by atoms with Crippen molar-refractivity contribution in [1.29, 1.82) is 0 Å². The minimum Gasteiger partial charge on any atom is -0.357 e. The van der Waals surface area contributed by atoms with Gasteiger partial charge in [-0.15, -0.1) is 0 Å². The molecular weight excluding hydrogens is 545 g/mol. The maximum Gasteiger partial charge on any atom is 0.418 e. The molecule has 2 fully saturated rings. The monoisotopic (exact) mass is 574 g/mol. The summed E-state index contributed by atoms with van der Waals surface area (Å²) in [6.45, 7) is 3.76. The van der Waals surface area contributed by atoms with E-state index in [0.717, 1.165) is 62.9 Å². The van der Waals surface area contributed by atoms with E-state index in [9.17, 15) is 21.6 Å². The van der Waals surface area contributed by atoms with Crippen LogP contribution in [-0.4, -0.2) is 37.6 Å². The molecule has 212 valence electrons. The summed E-state index contributed by atoms with van der Waals surface area (Å²) in [6, 6.07) is 11.8. The molecular formula is C28H29F3N4O4S. The van der Waals surface area contributed by atoms with Gasteiger partial charge in [-0.3, -0.25) is 4.72 Å². The second-order valence-corrected chi connectivity index (χ2v) is 11.7. The van der Waals surface area contributed by atoms with Gasteiger partial charge in [0.2, 0.25) is 0 Å². The lowest BCUT2D eigenvalue weighted by molar-refractivity contribution is -0.191. The fourth-order valence-electron chi connectivity index (χ4n) is 4.91. The topological polar surface area (TPSA) is 109 Å². The van der Waals surface area contributed by atoms with Crippen molar-refractivity contribution in [3.8, 4) is 11.3 Å². The van der Waals surface area contributed by atoms with Crippen molar-refractivity contribution < 1.29 is 31.2 Å². The Morgan fingerprint density at radius 2 is 1.68 bits per heavy atom. The number of benzene rings is 1. The van der Waals surface area contributed by atoms with Gasteiger partial charge in [-0.2, -0.15) is 22.8 Å². The quantitative estimate of drug-likeness (QED) is 0.391. The van der Waals surface area contributed by atoms with Crippen LogP contribution in [0.3, 0.4) is 0 Å². The molecule has 1 N–H and O–H groups in total. The molecule has 0 unspecified atom stereocenters. The number of nitrogens with zero attached hydrogens (tertiary/aromatic N) is 3. The first kappa shape index (κ1) is 29.2. The number of aromatic nitrogens is 2. The van der Waals surface area contributed by atoms with Crippen LogP contribution in [0, 0.1) is 5.92 Å². The number of anilines is 2. The maximum atomic E-state index is 14.0. The molecule has 0 amide bonds. The number of pyridine rings is 2. The summed E-state index contributed by atoms with van der Waals surface area (Å²) in [6.07, 6.45) is 1.88. The van der Waals surface area contributed by atoms with Gasteiger partial charge < -0.3 is 4.90 Å². The van der Waals surface area contributed by atoms with E-state index in [0.29, 0.717) is 17.3 Å². The Hall–Kier alpha value is -3.76. The SMILES string of the molecule is CC1CCN(c2cc(S(=O)(=O)Nc3ccc(C(F)(F)F)c(-c4ccccc4C4CCC4)n3)ccn2)CC1.O=C=O. The molecule has 1 aliphatic carbocycles. The average molecular weight is 575 g/mol. The van der Waals surface area contributed by atoms with Gasteiger partial charge in [0.1, 0.15) is 11.6 Å². The minimum absolute atomic E-state index is 0.0192. The number of carbonyl (C=O) groups excluding carboxylic acids is 2. The Morgan fingerprint density at radius 1 is 1.00 bits per heavy atom. The van der Waals surface area contributed by atoms with E-state index < -0.39 is 21.8 Å². The second kappa shape index (κ2) is 12.2. The summed E-state index contributed by atoms with van der Waals surface area (Å²) in [5.41, 5.74) is 0.0216. The zero-order chi connectivity index (χ0) is 28.9. The molecule has 40 heavy (non-hydrogen) atoms. The zero-order valence-corrected chi connectivity index (χ0v) is 22.6. The Balaban J connectivity index is 0.00000118. The van der Waals surface area contributed by atoms with Crippen LogP contribution in [0.25, 0.3) is 11.3 Å². The van der Waals surface area contributed by atoms with E-state index in [1.165, 1.54) is 18.3 Å². The number of halogens is 3. The number of rotatable bonds is 6. The highest BCUT2D eigenvalue weighted by Crippen LogP contribution is 2.44. The van der Waals surface area contributed by atoms with Gasteiger partial charge in [0, 0.05) is 30.9 Å². The summed E-state index contributed by atoms with van der Waals surface area (Å²) in [4.78, 5) is 26.8. The van der Waals surface area contributed by atoms with Crippen LogP contribution < -0.4 is 9.62 Å². The van der Waals surface area contributed by atoms with Crippen LogP contribution >= 0.6 is 0 Å². The van der Waals surface area contributed by atoms with E-state index in [-0.39, 0.29) is 28.5 Å². The average Bonchev–Trinajstić information content (AvgIpc) is 2.88. The van der Waals surface area contributed by atoms with Crippen molar-refractivity contribution in [2.45, 2.75) is 56.0 Å². The number of sulfonamides is 1. The van der Waals surface area contributed by atoms with Gasteiger partial charge in [0.05, 0.1) is 16.2 Å². The summed E-state index contributed by atoms with van der Waals surface area (Å²) in [5, 5.41) is 0. The van der Waals surface area contributed by atoms with Gasteiger partial charge >= 0.3 is 12.3 Å². The van der Waals surface area contributed by atoms with Crippen molar-refractivity contribution >= 4 is 27.8 Å². The van der Waals surface area contributed by atoms with Crippen molar-refractivity contribution in [3.05, 3.63) is 65.9 Å². The van der Waals surface area contributed by atoms with E-state index in [4.69, 9.17) is 9.59 Å². The molecule has 0 bridgehead atoms. The smallest absolute Gasteiger partial charge is 0.357 e. The highest BCUT2D eigenvalue weighted by atomic mass is 32.2. The number of alkyl halides is 3. The highest BCUT2D eigenvalue weighted by Gasteiger charge is 2.36. The standard InChI is InChI=1S/C27H29F3N4O2S.CO2/c1-18-12-15-34(16-13-18)25-17-20(11-14-31-25)37(35,36)33-24-10-9-23(27(28,29)30)26(32-24)22-8-3-2-7-21(22)19-5-4-6-19;2-1-3/h2-3,7-11,14,17-19H,4-6,12-13,15-16H2,1H3,(H,32,33);. The normalized spacial score (nSPS) is 16.4. The van der Waals surface area contributed by atoms with E-state index >= 15 is 0 Å². The molecule has 2 aromatic heterocycles. The van der Waals surface area contributed by atoms with Crippen molar-refractivity contribution in [2.75, 3.05) is 22.7 Å². The molecule has 0 spiro atoms. The first-order chi connectivity index (χ1) is 19.0. The fraction of sp³-hybridized carbons (Fsp3) is 0.393. The Bertz CT molecular complexity index is 1480. The summed E-state index contributed by atoms with van der Waals surface area (Å²) in [5.74, 6) is 1.17. The summed E-state index contributed by atoms with van der Waals surface area (Å²) >= 11 is 0. The molecule has 1 saturated heterocycles. The molecule has 5 rings (SSSR count). The molecule has 12 heteroatoms. The van der Waals surface area contributed by atoms with Crippen LogP contribution in [0.4, 0.5) is 24.8 Å². The molecule has 1 saturated carbocycles. The lowest BCUT2D eigenvalue weighted by atomic mass is 9.77. The first-order valence-corrected chi connectivity index (χ1v) is 14.4. The second-order valence-electron chi connectivity index (χ2n) is 10.0. The zero-order valence-electron chi connectivity index (χ0n) is 21.8.